The number of aryl methyl sites for hydroxylation is 2. The summed E-state index contributed by atoms with van der Waals surface area (Å²) in [5, 5.41) is 0.743. The number of anilines is 1. The Morgan fingerprint density at radius 1 is 1.25 bits per heavy atom. The molecule has 1 aliphatic heterocycles. The van der Waals surface area contributed by atoms with Gasteiger partial charge in [0, 0.05) is 17.1 Å². The van der Waals surface area contributed by atoms with E-state index in [1.807, 2.05) is 36.1 Å². The second-order valence-electron chi connectivity index (χ2n) is 7.18. The standard InChI is InChI=1S/C22H24N2O2S2/c1-14-6-7-16(11-15(14)2)21(25)24(13-17-5-4-10-26-17)22-23-19-9-8-18(27-3)12-20(19)28-22/h6-9,11-12,17H,4-5,10,13H2,1-3H3/t17-/m1/s1. The van der Waals surface area contributed by atoms with Gasteiger partial charge in [0.1, 0.15) is 0 Å². The first-order valence-corrected chi connectivity index (χ1v) is 11.5. The molecular weight excluding hydrogens is 388 g/mol. The predicted molar refractivity (Wildman–Crippen MR) is 118 cm³/mol. The number of thiazole rings is 1. The van der Waals surface area contributed by atoms with Crippen molar-refractivity contribution in [3.8, 4) is 0 Å². The monoisotopic (exact) mass is 412 g/mol. The van der Waals surface area contributed by atoms with Crippen molar-refractivity contribution in [2.75, 3.05) is 24.3 Å². The van der Waals surface area contributed by atoms with E-state index in [9.17, 15) is 4.79 Å². The molecule has 2 heterocycles. The zero-order chi connectivity index (χ0) is 19.7. The van der Waals surface area contributed by atoms with Crippen LogP contribution in [0.15, 0.2) is 41.3 Å². The molecule has 0 radical (unpaired) electrons. The Balaban J connectivity index is 1.72. The van der Waals surface area contributed by atoms with Gasteiger partial charge in [0.05, 0.1) is 22.9 Å². The van der Waals surface area contributed by atoms with Crippen molar-refractivity contribution in [2.24, 2.45) is 0 Å². The summed E-state index contributed by atoms with van der Waals surface area (Å²) in [7, 11) is 0. The average Bonchev–Trinajstić information content (AvgIpc) is 3.36. The van der Waals surface area contributed by atoms with Crippen molar-refractivity contribution < 1.29 is 9.53 Å². The summed E-state index contributed by atoms with van der Waals surface area (Å²) in [4.78, 5) is 21.2. The number of carbonyl (C=O) groups excluding carboxylic acids is 1. The largest absolute Gasteiger partial charge is 0.376 e. The third kappa shape index (κ3) is 3.95. The fourth-order valence-corrected chi connectivity index (χ4v) is 4.93. The Hall–Kier alpha value is -1.89. The van der Waals surface area contributed by atoms with Gasteiger partial charge in [0.15, 0.2) is 5.13 Å². The molecule has 1 fully saturated rings. The lowest BCUT2D eigenvalue weighted by Crippen LogP contribution is -2.37. The summed E-state index contributed by atoms with van der Waals surface area (Å²) >= 11 is 3.29. The molecule has 0 N–H and O–H groups in total. The molecule has 146 valence electrons. The van der Waals surface area contributed by atoms with Crippen molar-refractivity contribution in [1.29, 1.82) is 0 Å². The second-order valence-corrected chi connectivity index (χ2v) is 9.07. The molecule has 6 heteroatoms. The van der Waals surface area contributed by atoms with Crippen molar-refractivity contribution in [2.45, 2.75) is 37.7 Å². The minimum Gasteiger partial charge on any atom is -0.376 e. The zero-order valence-corrected chi connectivity index (χ0v) is 18.0. The first-order chi connectivity index (χ1) is 13.5. The number of ether oxygens (including phenoxy) is 1. The molecule has 0 bridgehead atoms. The van der Waals surface area contributed by atoms with Crippen LogP contribution in [0.5, 0.6) is 0 Å². The van der Waals surface area contributed by atoms with Crippen LogP contribution in [-0.4, -0.2) is 36.4 Å². The summed E-state index contributed by atoms with van der Waals surface area (Å²) in [6.07, 6.45) is 4.17. The maximum Gasteiger partial charge on any atom is 0.260 e. The summed E-state index contributed by atoms with van der Waals surface area (Å²) < 4.78 is 6.93. The smallest absolute Gasteiger partial charge is 0.260 e. The molecule has 1 aliphatic rings. The molecule has 0 spiro atoms. The molecule has 0 aliphatic carbocycles. The average molecular weight is 413 g/mol. The van der Waals surface area contributed by atoms with Gasteiger partial charge in [-0.2, -0.15) is 0 Å². The van der Waals surface area contributed by atoms with E-state index in [4.69, 9.17) is 9.72 Å². The fourth-order valence-electron chi connectivity index (χ4n) is 3.41. The van der Waals surface area contributed by atoms with Gasteiger partial charge < -0.3 is 4.74 Å². The molecule has 3 aromatic rings. The van der Waals surface area contributed by atoms with Gasteiger partial charge in [0.25, 0.3) is 5.91 Å². The summed E-state index contributed by atoms with van der Waals surface area (Å²) in [5.41, 5.74) is 3.94. The maximum absolute atomic E-state index is 13.4. The predicted octanol–water partition coefficient (Wildman–Crippen LogP) is 5.46. The van der Waals surface area contributed by atoms with Crippen LogP contribution < -0.4 is 4.90 Å². The van der Waals surface area contributed by atoms with Crippen molar-refractivity contribution in [1.82, 2.24) is 4.98 Å². The Bertz CT molecular complexity index is 1010. The first kappa shape index (κ1) is 19.4. The minimum absolute atomic E-state index is 0.0113. The topological polar surface area (TPSA) is 42.4 Å². The van der Waals surface area contributed by atoms with E-state index in [-0.39, 0.29) is 12.0 Å². The summed E-state index contributed by atoms with van der Waals surface area (Å²) in [6, 6.07) is 12.1. The van der Waals surface area contributed by atoms with Gasteiger partial charge >= 0.3 is 0 Å². The molecule has 1 saturated heterocycles. The lowest BCUT2D eigenvalue weighted by Gasteiger charge is -2.23. The molecule has 0 saturated carbocycles. The lowest BCUT2D eigenvalue weighted by molar-refractivity contribution is 0.0917. The Kier molecular flexibility index (Phi) is 5.71. The van der Waals surface area contributed by atoms with Gasteiger partial charge in [-0.15, -0.1) is 11.8 Å². The molecule has 28 heavy (non-hydrogen) atoms. The van der Waals surface area contributed by atoms with Gasteiger partial charge in [-0.25, -0.2) is 4.98 Å². The highest BCUT2D eigenvalue weighted by Crippen LogP contribution is 2.33. The second kappa shape index (κ2) is 8.23. The van der Waals surface area contributed by atoms with Crippen LogP contribution in [0.3, 0.4) is 0 Å². The number of amides is 1. The highest BCUT2D eigenvalue weighted by atomic mass is 32.2. The minimum atomic E-state index is -0.0113. The van der Waals surface area contributed by atoms with Crippen molar-refractivity contribution in [3.05, 3.63) is 53.1 Å². The van der Waals surface area contributed by atoms with Crippen molar-refractivity contribution in [3.63, 3.8) is 0 Å². The van der Waals surface area contributed by atoms with Crippen LogP contribution in [0.2, 0.25) is 0 Å². The van der Waals surface area contributed by atoms with Crippen LogP contribution in [0, 0.1) is 13.8 Å². The van der Waals surface area contributed by atoms with E-state index < -0.39 is 0 Å². The highest BCUT2D eigenvalue weighted by molar-refractivity contribution is 7.98. The van der Waals surface area contributed by atoms with Crippen LogP contribution in [0.1, 0.15) is 34.3 Å². The van der Waals surface area contributed by atoms with E-state index in [1.54, 1.807) is 23.1 Å². The summed E-state index contributed by atoms with van der Waals surface area (Å²) in [6.45, 7) is 5.41. The molecule has 1 amide bonds. The third-order valence-corrected chi connectivity index (χ3v) is 6.99. The van der Waals surface area contributed by atoms with Crippen molar-refractivity contribution >= 4 is 44.4 Å². The van der Waals surface area contributed by atoms with Crippen LogP contribution >= 0.6 is 23.1 Å². The van der Waals surface area contributed by atoms with E-state index in [1.165, 1.54) is 10.5 Å². The van der Waals surface area contributed by atoms with Crippen LogP contribution in [0.4, 0.5) is 5.13 Å². The molecule has 1 atom stereocenters. The van der Waals surface area contributed by atoms with Crippen LogP contribution in [0.25, 0.3) is 10.2 Å². The molecule has 0 unspecified atom stereocenters. The first-order valence-electron chi connectivity index (χ1n) is 9.50. The number of rotatable bonds is 5. The van der Waals surface area contributed by atoms with Gasteiger partial charge in [-0.3, -0.25) is 9.69 Å². The number of carbonyl (C=O) groups is 1. The Morgan fingerprint density at radius 3 is 2.82 bits per heavy atom. The van der Waals surface area contributed by atoms with E-state index in [2.05, 4.69) is 25.3 Å². The Morgan fingerprint density at radius 2 is 2.11 bits per heavy atom. The fraction of sp³-hybridized carbons (Fsp3) is 0.364. The normalized spacial score (nSPS) is 16.6. The maximum atomic E-state index is 13.4. The zero-order valence-electron chi connectivity index (χ0n) is 16.4. The SMILES string of the molecule is CSc1ccc2nc(N(C[C@H]3CCCO3)C(=O)c3ccc(C)c(C)c3)sc2c1. The van der Waals surface area contributed by atoms with E-state index in [0.717, 1.165) is 40.4 Å². The number of fused-ring (bicyclic) bond motifs is 1. The summed E-state index contributed by atoms with van der Waals surface area (Å²) in [5.74, 6) is -0.0113. The number of hydrogen-bond acceptors (Lipinski definition) is 5. The number of nitrogens with zero attached hydrogens (tertiary/aromatic N) is 2. The highest BCUT2D eigenvalue weighted by Gasteiger charge is 2.27. The molecular formula is C22H24N2O2S2. The number of aromatic nitrogens is 1. The molecule has 4 nitrogen and oxygen atoms in total. The molecule has 2 aromatic carbocycles. The van der Waals surface area contributed by atoms with Gasteiger partial charge in [0.2, 0.25) is 0 Å². The third-order valence-electron chi connectivity index (χ3n) is 5.22. The van der Waals surface area contributed by atoms with E-state index >= 15 is 0 Å². The number of benzene rings is 2. The molecule has 1 aromatic heterocycles. The number of hydrogen-bond donors (Lipinski definition) is 0. The number of thioether (sulfide) groups is 1. The Labute approximate surface area is 173 Å². The molecule has 4 rings (SSSR count). The van der Waals surface area contributed by atoms with Crippen LogP contribution in [-0.2, 0) is 4.74 Å². The van der Waals surface area contributed by atoms with Gasteiger partial charge in [-0.05, 0) is 74.4 Å². The van der Waals surface area contributed by atoms with Gasteiger partial charge in [-0.1, -0.05) is 17.4 Å². The lowest BCUT2D eigenvalue weighted by atomic mass is 10.1. The van der Waals surface area contributed by atoms with E-state index in [0.29, 0.717) is 12.1 Å². The quantitative estimate of drug-likeness (QED) is 0.522.